The molecule has 19 heavy (non-hydrogen) atoms. The van der Waals surface area contributed by atoms with E-state index < -0.39 is 5.41 Å². The fourth-order valence-corrected chi connectivity index (χ4v) is 2.37. The van der Waals surface area contributed by atoms with Crippen molar-refractivity contribution in [1.29, 1.82) is 0 Å². The average molecular weight is 288 g/mol. The van der Waals surface area contributed by atoms with Crippen LogP contribution in [0, 0.1) is 10.8 Å². The fourth-order valence-electron chi connectivity index (χ4n) is 1.99. The van der Waals surface area contributed by atoms with E-state index in [9.17, 15) is 4.79 Å². The standard InChI is InChI=1S/C14H28N2O2S/c1-6-14(7-2,11(15)19)12(17)16-10-13(3,4)8-9-18-5/h6-10H2,1-5H3,(H2,15,19)(H,16,17). The Balaban J connectivity index is 4.63. The molecule has 0 aliphatic carbocycles. The van der Waals surface area contributed by atoms with Crippen LogP contribution in [0.25, 0.3) is 0 Å². The van der Waals surface area contributed by atoms with E-state index in [4.69, 9.17) is 22.7 Å². The first-order valence-electron chi connectivity index (χ1n) is 6.83. The minimum absolute atomic E-state index is 0.00485. The molecule has 0 aliphatic rings. The van der Waals surface area contributed by atoms with Gasteiger partial charge in [0.05, 0.1) is 10.4 Å². The summed E-state index contributed by atoms with van der Waals surface area (Å²) in [6, 6.07) is 0. The van der Waals surface area contributed by atoms with Gasteiger partial charge in [-0.15, -0.1) is 0 Å². The summed E-state index contributed by atoms with van der Waals surface area (Å²) in [6.45, 7) is 9.38. The van der Waals surface area contributed by atoms with Gasteiger partial charge in [-0.05, 0) is 24.7 Å². The normalized spacial score (nSPS) is 12.3. The molecular weight excluding hydrogens is 260 g/mol. The van der Waals surface area contributed by atoms with Crippen LogP contribution in [0.5, 0.6) is 0 Å². The molecule has 0 atom stereocenters. The van der Waals surface area contributed by atoms with Crippen molar-refractivity contribution in [3.8, 4) is 0 Å². The molecule has 5 heteroatoms. The average Bonchev–Trinajstić information content (AvgIpc) is 2.36. The number of ether oxygens (including phenoxy) is 1. The Morgan fingerprint density at radius 3 is 2.21 bits per heavy atom. The highest BCUT2D eigenvalue weighted by Gasteiger charge is 2.38. The van der Waals surface area contributed by atoms with Crippen LogP contribution in [0.3, 0.4) is 0 Å². The predicted molar refractivity (Wildman–Crippen MR) is 83.1 cm³/mol. The lowest BCUT2D eigenvalue weighted by molar-refractivity contribution is -0.128. The Hall–Kier alpha value is -0.680. The zero-order valence-electron chi connectivity index (χ0n) is 12.8. The van der Waals surface area contributed by atoms with Crippen LogP contribution >= 0.6 is 12.2 Å². The summed E-state index contributed by atoms with van der Waals surface area (Å²) in [7, 11) is 1.68. The second kappa shape index (κ2) is 7.80. The number of hydrogen-bond acceptors (Lipinski definition) is 3. The topological polar surface area (TPSA) is 64.3 Å². The van der Waals surface area contributed by atoms with Crippen molar-refractivity contribution in [2.45, 2.75) is 47.0 Å². The van der Waals surface area contributed by atoms with Crippen molar-refractivity contribution in [1.82, 2.24) is 5.32 Å². The summed E-state index contributed by atoms with van der Waals surface area (Å²) < 4.78 is 5.08. The second-order valence-electron chi connectivity index (χ2n) is 5.74. The number of methoxy groups -OCH3 is 1. The maximum absolute atomic E-state index is 12.4. The third kappa shape index (κ3) is 5.07. The van der Waals surface area contributed by atoms with Crippen molar-refractivity contribution >= 4 is 23.1 Å². The molecule has 0 aromatic heterocycles. The second-order valence-corrected chi connectivity index (χ2v) is 6.18. The van der Waals surface area contributed by atoms with Gasteiger partial charge in [0.2, 0.25) is 5.91 Å². The third-order valence-corrected chi connectivity index (χ3v) is 4.21. The highest BCUT2D eigenvalue weighted by atomic mass is 32.1. The van der Waals surface area contributed by atoms with Gasteiger partial charge in [-0.25, -0.2) is 0 Å². The van der Waals surface area contributed by atoms with Crippen LogP contribution in [0.15, 0.2) is 0 Å². The van der Waals surface area contributed by atoms with E-state index in [1.165, 1.54) is 0 Å². The van der Waals surface area contributed by atoms with E-state index in [0.29, 0.717) is 26.0 Å². The molecule has 0 heterocycles. The van der Waals surface area contributed by atoms with E-state index in [-0.39, 0.29) is 16.3 Å². The molecule has 4 nitrogen and oxygen atoms in total. The van der Waals surface area contributed by atoms with Crippen LogP contribution in [0.4, 0.5) is 0 Å². The number of nitrogens with one attached hydrogen (secondary N) is 1. The van der Waals surface area contributed by atoms with E-state index in [2.05, 4.69) is 19.2 Å². The lowest BCUT2D eigenvalue weighted by Crippen LogP contribution is -2.50. The highest BCUT2D eigenvalue weighted by Crippen LogP contribution is 2.28. The van der Waals surface area contributed by atoms with Crippen LogP contribution < -0.4 is 11.1 Å². The largest absolute Gasteiger partial charge is 0.392 e. The number of carbonyl (C=O) groups is 1. The molecule has 0 aromatic carbocycles. The first kappa shape index (κ1) is 18.3. The van der Waals surface area contributed by atoms with Gasteiger partial charge in [0, 0.05) is 20.3 Å². The zero-order chi connectivity index (χ0) is 15.1. The van der Waals surface area contributed by atoms with E-state index in [1.807, 2.05) is 13.8 Å². The predicted octanol–water partition coefficient (Wildman–Crippen LogP) is 2.26. The summed E-state index contributed by atoms with van der Waals surface area (Å²) in [5, 5.41) is 2.99. The molecule has 0 rings (SSSR count). The van der Waals surface area contributed by atoms with Gasteiger partial charge in [0.1, 0.15) is 0 Å². The van der Waals surface area contributed by atoms with E-state index in [1.54, 1.807) is 7.11 Å². The first-order valence-corrected chi connectivity index (χ1v) is 7.23. The molecule has 3 N–H and O–H groups in total. The van der Waals surface area contributed by atoms with Crippen molar-refractivity contribution in [3.63, 3.8) is 0 Å². The number of carbonyl (C=O) groups excluding carboxylic acids is 1. The third-order valence-electron chi connectivity index (χ3n) is 3.82. The molecular formula is C14H28N2O2S. The van der Waals surface area contributed by atoms with Crippen molar-refractivity contribution in [3.05, 3.63) is 0 Å². The molecule has 0 spiro atoms. The molecule has 0 unspecified atom stereocenters. The molecule has 0 fully saturated rings. The van der Waals surface area contributed by atoms with E-state index in [0.717, 1.165) is 6.42 Å². The summed E-state index contributed by atoms with van der Waals surface area (Å²) >= 11 is 5.08. The molecule has 0 saturated heterocycles. The van der Waals surface area contributed by atoms with Crippen molar-refractivity contribution in [2.75, 3.05) is 20.3 Å². The fraction of sp³-hybridized carbons (Fsp3) is 0.857. The molecule has 0 radical (unpaired) electrons. The lowest BCUT2D eigenvalue weighted by Gasteiger charge is -2.32. The Morgan fingerprint density at radius 2 is 1.84 bits per heavy atom. The first-order chi connectivity index (χ1) is 8.75. The van der Waals surface area contributed by atoms with Crippen LogP contribution in [0.1, 0.15) is 47.0 Å². The minimum Gasteiger partial charge on any atom is -0.392 e. The quantitative estimate of drug-likeness (QED) is 0.639. The van der Waals surface area contributed by atoms with Gasteiger partial charge in [-0.1, -0.05) is 39.9 Å². The number of nitrogens with two attached hydrogens (primary N) is 1. The summed E-state index contributed by atoms with van der Waals surface area (Å²) in [6.07, 6.45) is 2.15. The van der Waals surface area contributed by atoms with Crippen molar-refractivity contribution in [2.24, 2.45) is 16.6 Å². The molecule has 0 aliphatic heterocycles. The monoisotopic (exact) mass is 288 g/mol. The summed E-state index contributed by atoms with van der Waals surface area (Å²) in [5.41, 5.74) is 5.04. The molecule has 0 bridgehead atoms. The number of hydrogen-bond donors (Lipinski definition) is 2. The smallest absolute Gasteiger partial charge is 0.233 e. The molecule has 112 valence electrons. The Morgan fingerprint density at radius 1 is 1.32 bits per heavy atom. The SMILES string of the molecule is CCC(CC)(C(=O)NCC(C)(C)CCOC)C(N)=S. The summed E-state index contributed by atoms with van der Waals surface area (Å²) in [5.74, 6) is -0.0597. The Kier molecular flexibility index (Phi) is 7.52. The number of rotatable bonds is 9. The Bertz CT molecular complexity index is 313. The van der Waals surface area contributed by atoms with Gasteiger partial charge in [-0.2, -0.15) is 0 Å². The molecule has 0 saturated carbocycles. The van der Waals surface area contributed by atoms with Gasteiger partial charge in [-0.3, -0.25) is 4.79 Å². The molecule has 0 aromatic rings. The lowest BCUT2D eigenvalue weighted by atomic mass is 9.80. The zero-order valence-corrected chi connectivity index (χ0v) is 13.7. The maximum Gasteiger partial charge on any atom is 0.233 e. The maximum atomic E-state index is 12.4. The van der Waals surface area contributed by atoms with Gasteiger partial charge in [0.15, 0.2) is 0 Å². The van der Waals surface area contributed by atoms with Gasteiger partial charge in [0.25, 0.3) is 0 Å². The van der Waals surface area contributed by atoms with Gasteiger partial charge < -0.3 is 15.8 Å². The number of amides is 1. The Labute approximate surface area is 122 Å². The van der Waals surface area contributed by atoms with E-state index >= 15 is 0 Å². The highest BCUT2D eigenvalue weighted by molar-refractivity contribution is 7.80. The van der Waals surface area contributed by atoms with Crippen LogP contribution in [-0.4, -0.2) is 31.2 Å². The van der Waals surface area contributed by atoms with Crippen LogP contribution in [0.2, 0.25) is 0 Å². The van der Waals surface area contributed by atoms with Crippen LogP contribution in [-0.2, 0) is 9.53 Å². The number of thiocarbonyl (C=S) groups is 1. The summed E-state index contributed by atoms with van der Waals surface area (Å²) in [4.78, 5) is 12.7. The molecule has 1 amide bonds. The van der Waals surface area contributed by atoms with Crippen molar-refractivity contribution < 1.29 is 9.53 Å². The minimum atomic E-state index is -0.716. The van der Waals surface area contributed by atoms with Gasteiger partial charge >= 0.3 is 0 Å².